The van der Waals surface area contributed by atoms with E-state index in [1.54, 1.807) is 6.07 Å². The molecule has 1 heterocycles. The van der Waals surface area contributed by atoms with Gasteiger partial charge < -0.3 is 4.74 Å². The zero-order valence-electron chi connectivity index (χ0n) is 9.51. The highest BCUT2D eigenvalue weighted by atomic mass is 79.9. The van der Waals surface area contributed by atoms with Crippen molar-refractivity contribution in [3.63, 3.8) is 0 Å². The summed E-state index contributed by atoms with van der Waals surface area (Å²) >= 11 is 4.66. The van der Waals surface area contributed by atoms with Crippen molar-refractivity contribution in [3.8, 4) is 5.75 Å². The topological polar surface area (TPSA) is 64.1 Å². The minimum Gasteiger partial charge on any atom is -0.483 e. The minimum atomic E-state index is -0.262. The number of rotatable bonds is 4. The molecule has 0 radical (unpaired) electrons. The highest BCUT2D eigenvalue weighted by molar-refractivity contribution is 9.10. The first-order valence-corrected chi connectivity index (χ1v) is 6.73. The molecule has 2 rings (SSSR count). The molecule has 0 atom stereocenters. The zero-order valence-corrected chi connectivity index (χ0v) is 11.9. The summed E-state index contributed by atoms with van der Waals surface area (Å²) in [6.45, 7) is 1.76. The van der Waals surface area contributed by atoms with Crippen LogP contribution < -0.4 is 10.1 Å². The lowest BCUT2D eigenvalue weighted by Gasteiger charge is -2.06. The van der Waals surface area contributed by atoms with Gasteiger partial charge in [-0.05, 0) is 35.0 Å². The van der Waals surface area contributed by atoms with E-state index in [2.05, 4.69) is 31.4 Å². The van der Waals surface area contributed by atoms with Gasteiger partial charge in [-0.2, -0.15) is 0 Å². The first-order valence-electron chi connectivity index (χ1n) is 5.12. The van der Waals surface area contributed by atoms with Crippen molar-refractivity contribution in [2.24, 2.45) is 0 Å². The molecule has 0 fully saturated rings. The third kappa shape index (κ3) is 3.51. The third-order valence-electron chi connectivity index (χ3n) is 1.97. The van der Waals surface area contributed by atoms with Gasteiger partial charge in [0.05, 0.1) is 4.47 Å². The first-order chi connectivity index (χ1) is 8.65. The van der Waals surface area contributed by atoms with E-state index in [-0.39, 0.29) is 12.5 Å². The van der Waals surface area contributed by atoms with Gasteiger partial charge in [-0.3, -0.25) is 10.1 Å². The van der Waals surface area contributed by atoms with Crippen LogP contribution in [0.4, 0.5) is 5.13 Å². The molecule has 1 aromatic heterocycles. The van der Waals surface area contributed by atoms with Crippen LogP contribution in [0.3, 0.4) is 0 Å². The molecule has 18 heavy (non-hydrogen) atoms. The van der Waals surface area contributed by atoms with Crippen LogP contribution in [0.15, 0.2) is 28.7 Å². The number of para-hydroxylation sites is 1. The van der Waals surface area contributed by atoms with E-state index >= 15 is 0 Å². The Bertz CT molecular complexity index is 559. The van der Waals surface area contributed by atoms with Crippen LogP contribution in [0.25, 0.3) is 0 Å². The van der Waals surface area contributed by atoms with Crippen molar-refractivity contribution in [1.29, 1.82) is 0 Å². The largest absolute Gasteiger partial charge is 0.483 e. The fraction of sp³-hybridized carbons (Fsp3) is 0.182. The average Bonchev–Trinajstić information content (AvgIpc) is 2.74. The summed E-state index contributed by atoms with van der Waals surface area (Å²) in [7, 11) is 0. The van der Waals surface area contributed by atoms with Crippen LogP contribution in [-0.4, -0.2) is 22.7 Å². The van der Waals surface area contributed by atoms with Gasteiger partial charge in [-0.15, -0.1) is 10.2 Å². The number of hydrogen-bond donors (Lipinski definition) is 1. The number of aryl methyl sites for hydroxylation is 1. The molecule has 2 aromatic rings. The molecule has 0 bridgehead atoms. The van der Waals surface area contributed by atoms with Crippen molar-refractivity contribution < 1.29 is 9.53 Å². The number of benzene rings is 1. The number of anilines is 1. The number of ether oxygens (including phenoxy) is 1. The predicted octanol–water partition coefficient (Wildman–Crippen LogP) is 2.63. The minimum absolute atomic E-state index is 0.0682. The van der Waals surface area contributed by atoms with Crippen molar-refractivity contribution >= 4 is 38.3 Å². The van der Waals surface area contributed by atoms with Gasteiger partial charge in [-0.25, -0.2) is 0 Å². The molecule has 1 amide bonds. The number of amides is 1. The summed E-state index contributed by atoms with van der Waals surface area (Å²) in [5, 5.41) is 11.5. The van der Waals surface area contributed by atoms with Gasteiger partial charge in [0.2, 0.25) is 5.13 Å². The van der Waals surface area contributed by atoms with Crippen LogP contribution >= 0.6 is 27.3 Å². The van der Waals surface area contributed by atoms with E-state index in [0.29, 0.717) is 10.9 Å². The molecule has 5 nitrogen and oxygen atoms in total. The lowest BCUT2D eigenvalue weighted by atomic mass is 10.3. The third-order valence-corrected chi connectivity index (χ3v) is 3.38. The standard InChI is InChI=1S/C11H10BrN3O2S/c1-7-14-15-11(18-7)13-10(16)6-17-9-5-3-2-4-8(9)12/h2-5H,6H2,1H3,(H,13,15,16). The smallest absolute Gasteiger partial charge is 0.264 e. The van der Waals surface area contributed by atoms with Gasteiger partial charge in [0.15, 0.2) is 6.61 Å². The second kappa shape index (κ2) is 5.92. The Morgan fingerprint density at radius 1 is 1.44 bits per heavy atom. The molecule has 0 aliphatic heterocycles. The highest BCUT2D eigenvalue weighted by Gasteiger charge is 2.08. The van der Waals surface area contributed by atoms with E-state index in [1.165, 1.54) is 11.3 Å². The molecule has 0 aliphatic carbocycles. The monoisotopic (exact) mass is 327 g/mol. The lowest BCUT2D eigenvalue weighted by molar-refractivity contribution is -0.118. The molecular formula is C11H10BrN3O2S. The zero-order chi connectivity index (χ0) is 13.0. The van der Waals surface area contributed by atoms with Crippen molar-refractivity contribution in [2.45, 2.75) is 6.92 Å². The van der Waals surface area contributed by atoms with Crippen LogP contribution in [0.1, 0.15) is 5.01 Å². The normalized spacial score (nSPS) is 10.1. The number of carbonyl (C=O) groups is 1. The summed E-state index contributed by atoms with van der Waals surface area (Å²) in [5.74, 6) is 0.364. The van der Waals surface area contributed by atoms with Gasteiger partial charge >= 0.3 is 0 Å². The molecular weight excluding hydrogens is 318 g/mol. The molecule has 94 valence electrons. The summed E-state index contributed by atoms with van der Waals surface area (Å²) in [4.78, 5) is 11.6. The van der Waals surface area contributed by atoms with E-state index in [0.717, 1.165) is 9.48 Å². The Morgan fingerprint density at radius 3 is 2.89 bits per heavy atom. The molecule has 0 saturated carbocycles. The molecule has 0 aliphatic rings. The summed E-state index contributed by atoms with van der Waals surface area (Å²) < 4.78 is 6.18. The molecule has 0 unspecified atom stereocenters. The van der Waals surface area contributed by atoms with E-state index < -0.39 is 0 Å². The van der Waals surface area contributed by atoms with Crippen molar-refractivity contribution in [2.75, 3.05) is 11.9 Å². The number of halogens is 1. The maximum atomic E-state index is 11.6. The maximum Gasteiger partial charge on any atom is 0.264 e. The quantitative estimate of drug-likeness (QED) is 0.937. The van der Waals surface area contributed by atoms with E-state index in [1.807, 2.05) is 25.1 Å². The van der Waals surface area contributed by atoms with Gasteiger partial charge in [0.1, 0.15) is 10.8 Å². The van der Waals surface area contributed by atoms with Gasteiger partial charge in [-0.1, -0.05) is 23.5 Å². The highest BCUT2D eigenvalue weighted by Crippen LogP contribution is 2.23. The predicted molar refractivity (Wildman–Crippen MR) is 72.9 cm³/mol. The number of nitrogens with zero attached hydrogens (tertiary/aromatic N) is 2. The number of nitrogens with one attached hydrogen (secondary N) is 1. The van der Waals surface area contributed by atoms with E-state index in [9.17, 15) is 4.79 Å². The molecule has 7 heteroatoms. The number of aromatic nitrogens is 2. The van der Waals surface area contributed by atoms with Crippen LogP contribution in [0.5, 0.6) is 5.75 Å². The maximum absolute atomic E-state index is 11.6. The molecule has 1 aromatic carbocycles. The Labute approximate surface area is 116 Å². The fourth-order valence-electron chi connectivity index (χ4n) is 1.21. The van der Waals surface area contributed by atoms with Crippen LogP contribution in [0, 0.1) is 6.92 Å². The average molecular weight is 328 g/mol. The lowest BCUT2D eigenvalue weighted by Crippen LogP contribution is -2.20. The van der Waals surface area contributed by atoms with Crippen molar-refractivity contribution in [1.82, 2.24) is 10.2 Å². The Hall–Kier alpha value is -1.47. The second-order valence-corrected chi connectivity index (χ2v) is 5.43. The first kappa shape index (κ1) is 13.0. The Morgan fingerprint density at radius 2 is 2.22 bits per heavy atom. The molecule has 0 spiro atoms. The number of hydrogen-bond acceptors (Lipinski definition) is 5. The Balaban J connectivity index is 1.87. The summed E-state index contributed by atoms with van der Waals surface area (Å²) in [6.07, 6.45) is 0. The Kier molecular flexibility index (Phi) is 4.27. The second-order valence-electron chi connectivity index (χ2n) is 3.39. The van der Waals surface area contributed by atoms with Crippen molar-refractivity contribution in [3.05, 3.63) is 33.7 Å². The van der Waals surface area contributed by atoms with E-state index in [4.69, 9.17) is 4.74 Å². The van der Waals surface area contributed by atoms with Crippen LogP contribution in [0.2, 0.25) is 0 Å². The molecule has 1 N–H and O–H groups in total. The molecule has 0 saturated heterocycles. The van der Waals surface area contributed by atoms with Gasteiger partial charge in [0.25, 0.3) is 5.91 Å². The fourth-order valence-corrected chi connectivity index (χ4v) is 2.21. The number of carbonyl (C=O) groups excluding carboxylic acids is 1. The summed E-state index contributed by atoms with van der Waals surface area (Å²) in [6, 6.07) is 7.35. The SMILES string of the molecule is Cc1nnc(NC(=O)COc2ccccc2Br)s1. The summed E-state index contributed by atoms with van der Waals surface area (Å²) in [5.41, 5.74) is 0. The van der Waals surface area contributed by atoms with Gasteiger partial charge in [0, 0.05) is 0 Å². The van der Waals surface area contributed by atoms with Crippen LogP contribution in [-0.2, 0) is 4.79 Å².